The quantitative estimate of drug-likeness (QED) is 0.899. The van der Waals surface area contributed by atoms with Crippen LogP contribution in [-0.4, -0.2) is 22.0 Å². The maximum Gasteiger partial charge on any atom is 0.355 e. The van der Waals surface area contributed by atoms with Gasteiger partial charge in [0.1, 0.15) is 5.01 Å². The minimum atomic E-state index is -1.07. The number of aromatic nitrogens is 1. The van der Waals surface area contributed by atoms with Crippen LogP contribution < -0.4 is 5.32 Å². The van der Waals surface area contributed by atoms with Crippen LogP contribution in [0.1, 0.15) is 37.0 Å². The highest BCUT2D eigenvalue weighted by atomic mass is 32.1. The summed E-state index contributed by atoms with van der Waals surface area (Å²) in [5.41, 5.74) is 2.70. The lowest BCUT2D eigenvalue weighted by Gasteiger charge is -2.05. The van der Waals surface area contributed by atoms with Crippen LogP contribution in [0, 0.1) is 0 Å². The Balaban J connectivity index is 1.64. The summed E-state index contributed by atoms with van der Waals surface area (Å²) in [6, 6.07) is 5.47. The van der Waals surface area contributed by atoms with Gasteiger partial charge in [0, 0.05) is 10.9 Å². The molecule has 2 N–H and O–H groups in total. The fourth-order valence-electron chi connectivity index (χ4n) is 2.06. The van der Waals surface area contributed by atoms with E-state index in [2.05, 4.69) is 10.3 Å². The monoisotopic (exact) mass is 304 g/mol. The second kappa shape index (κ2) is 5.63. The van der Waals surface area contributed by atoms with Gasteiger partial charge in [0.15, 0.2) is 5.69 Å². The molecule has 108 valence electrons. The standard InChI is InChI=1S/C14H12N2O4S/c17-13(8-1-2-9-5-20-6-10(9)3-8)15-4-12-16-11(7-21-12)14(18)19/h1-3,7H,4-6H2,(H,15,17)(H,18,19). The van der Waals surface area contributed by atoms with Gasteiger partial charge in [0.2, 0.25) is 0 Å². The third kappa shape index (κ3) is 2.93. The van der Waals surface area contributed by atoms with E-state index in [1.807, 2.05) is 12.1 Å². The molecule has 0 bridgehead atoms. The number of thiazole rings is 1. The largest absolute Gasteiger partial charge is 0.476 e. The molecule has 0 unspecified atom stereocenters. The number of aromatic carboxylic acids is 1. The topological polar surface area (TPSA) is 88.5 Å². The van der Waals surface area contributed by atoms with Gasteiger partial charge in [-0.25, -0.2) is 9.78 Å². The molecule has 1 aliphatic heterocycles. The highest BCUT2D eigenvalue weighted by Crippen LogP contribution is 2.20. The normalized spacial score (nSPS) is 13.0. The molecule has 1 aromatic heterocycles. The van der Waals surface area contributed by atoms with Crippen molar-refractivity contribution >= 4 is 23.2 Å². The van der Waals surface area contributed by atoms with E-state index in [0.29, 0.717) is 23.8 Å². The number of carbonyl (C=O) groups is 2. The van der Waals surface area contributed by atoms with E-state index < -0.39 is 5.97 Å². The van der Waals surface area contributed by atoms with Gasteiger partial charge < -0.3 is 15.2 Å². The summed E-state index contributed by atoms with van der Waals surface area (Å²) in [5.74, 6) is -1.28. The number of fused-ring (bicyclic) bond motifs is 1. The predicted molar refractivity (Wildman–Crippen MR) is 75.2 cm³/mol. The molecule has 1 amide bonds. The number of carbonyl (C=O) groups excluding carboxylic acids is 1. The summed E-state index contributed by atoms with van der Waals surface area (Å²) in [7, 11) is 0. The number of carboxylic acid groups (broad SMARTS) is 1. The second-order valence-corrected chi connectivity index (χ2v) is 5.53. The van der Waals surface area contributed by atoms with Crippen LogP contribution in [0.3, 0.4) is 0 Å². The molecule has 21 heavy (non-hydrogen) atoms. The van der Waals surface area contributed by atoms with E-state index in [-0.39, 0.29) is 18.1 Å². The smallest absolute Gasteiger partial charge is 0.355 e. The molecule has 6 nitrogen and oxygen atoms in total. The first-order chi connectivity index (χ1) is 10.1. The third-order valence-corrected chi connectivity index (χ3v) is 4.00. The van der Waals surface area contributed by atoms with Gasteiger partial charge >= 0.3 is 5.97 Å². The summed E-state index contributed by atoms with van der Waals surface area (Å²) in [4.78, 5) is 26.7. The highest BCUT2D eigenvalue weighted by Gasteiger charge is 2.15. The van der Waals surface area contributed by atoms with Gasteiger partial charge in [-0.05, 0) is 23.3 Å². The van der Waals surface area contributed by atoms with Crippen LogP contribution in [0.25, 0.3) is 0 Å². The molecule has 0 spiro atoms. The van der Waals surface area contributed by atoms with Gasteiger partial charge in [0.25, 0.3) is 5.91 Å². The van der Waals surface area contributed by atoms with Crippen molar-refractivity contribution in [1.29, 1.82) is 0 Å². The Morgan fingerprint density at radius 3 is 2.90 bits per heavy atom. The van der Waals surface area contributed by atoms with Crippen molar-refractivity contribution in [2.24, 2.45) is 0 Å². The summed E-state index contributed by atoms with van der Waals surface area (Å²) in [6.45, 7) is 1.34. The maximum atomic E-state index is 12.1. The fourth-order valence-corrected chi connectivity index (χ4v) is 2.77. The Kier molecular flexibility index (Phi) is 3.68. The number of ether oxygens (including phenoxy) is 1. The van der Waals surface area contributed by atoms with Crippen molar-refractivity contribution in [1.82, 2.24) is 10.3 Å². The number of rotatable bonds is 4. The van der Waals surface area contributed by atoms with E-state index >= 15 is 0 Å². The van der Waals surface area contributed by atoms with Gasteiger partial charge in [0.05, 0.1) is 19.8 Å². The SMILES string of the molecule is O=C(NCc1nc(C(=O)O)cs1)c1ccc2c(c1)COC2. The molecule has 3 rings (SSSR count). The predicted octanol–water partition coefficient (Wildman–Crippen LogP) is 1.80. The zero-order valence-electron chi connectivity index (χ0n) is 11.0. The van der Waals surface area contributed by atoms with E-state index in [0.717, 1.165) is 11.1 Å². The molecule has 0 saturated heterocycles. The van der Waals surface area contributed by atoms with Crippen molar-refractivity contribution < 1.29 is 19.4 Å². The number of amides is 1. The van der Waals surface area contributed by atoms with E-state index in [4.69, 9.17) is 9.84 Å². The number of hydrogen-bond acceptors (Lipinski definition) is 5. The molecule has 7 heteroatoms. The van der Waals surface area contributed by atoms with Crippen molar-refractivity contribution in [3.8, 4) is 0 Å². The summed E-state index contributed by atoms with van der Waals surface area (Å²) < 4.78 is 5.31. The average Bonchev–Trinajstić information content (AvgIpc) is 3.12. The Labute approximate surface area is 124 Å². The Morgan fingerprint density at radius 1 is 1.33 bits per heavy atom. The maximum absolute atomic E-state index is 12.1. The van der Waals surface area contributed by atoms with E-state index in [9.17, 15) is 9.59 Å². The van der Waals surface area contributed by atoms with Crippen LogP contribution in [-0.2, 0) is 24.5 Å². The Morgan fingerprint density at radius 2 is 2.14 bits per heavy atom. The first kappa shape index (κ1) is 13.7. The molecular formula is C14H12N2O4S. The van der Waals surface area contributed by atoms with Crippen LogP contribution in [0.15, 0.2) is 23.6 Å². The zero-order valence-corrected chi connectivity index (χ0v) is 11.8. The lowest BCUT2D eigenvalue weighted by atomic mass is 10.1. The second-order valence-electron chi connectivity index (χ2n) is 4.59. The minimum absolute atomic E-state index is 0.000992. The summed E-state index contributed by atoms with van der Waals surface area (Å²) >= 11 is 1.21. The molecule has 0 saturated carbocycles. The molecule has 1 aromatic carbocycles. The van der Waals surface area contributed by atoms with Crippen molar-refractivity contribution in [2.45, 2.75) is 19.8 Å². The van der Waals surface area contributed by atoms with Crippen molar-refractivity contribution in [3.05, 3.63) is 51.0 Å². The van der Waals surface area contributed by atoms with Crippen LogP contribution in [0.5, 0.6) is 0 Å². The van der Waals surface area contributed by atoms with Gasteiger partial charge in [-0.3, -0.25) is 4.79 Å². The first-order valence-corrected chi connectivity index (χ1v) is 7.17. The molecule has 0 atom stereocenters. The number of nitrogens with zero attached hydrogens (tertiary/aromatic N) is 1. The first-order valence-electron chi connectivity index (χ1n) is 6.29. The lowest BCUT2D eigenvalue weighted by molar-refractivity contribution is 0.0691. The fraction of sp³-hybridized carbons (Fsp3) is 0.214. The number of hydrogen-bond donors (Lipinski definition) is 2. The van der Waals surface area contributed by atoms with Crippen LogP contribution in [0.4, 0.5) is 0 Å². The molecule has 2 aromatic rings. The minimum Gasteiger partial charge on any atom is -0.476 e. The van der Waals surface area contributed by atoms with E-state index in [1.165, 1.54) is 16.7 Å². The Hall–Kier alpha value is -2.25. The summed E-state index contributed by atoms with van der Waals surface area (Å²) in [5, 5.41) is 13.5. The van der Waals surface area contributed by atoms with Gasteiger partial charge in [-0.2, -0.15) is 0 Å². The van der Waals surface area contributed by atoms with Crippen molar-refractivity contribution in [3.63, 3.8) is 0 Å². The molecule has 1 aliphatic rings. The zero-order chi connectivity index (χ0) is 14.8. The average molecular weight is 304 g/mol. The lowest BCUT2D eigenvalue weighted by Crippen LogP contribution is -2.23. The molecule has 2 heterocycles. The van der Waals surface area contributed by atoms with Crippen LogP contribution in [0.2, 0.25) is 0 Å². The highest BCUT2D eigenvalue weighted by molar-refractivity contribution is 7.09. The molecule has 0 radical (unpaired) electrons. The number of carboxylic acids is 1. The van der Waals surface area contributed by atoms with Crippen LogP contribution >= 0.6 is 11.3 Å². The van der Waals surface area contributed by atoms with Gasteiger partial charge in [-0.15, -0.1) is 11.3 Å². The number of nitrogens with one attached hydrogen (secondary N) is 1. The summed E-state index contributed by atoms with van der Waals surface area (Å²) in [6.07, 6.45) is 0. The molecular weight excluding hydrogens is 292 g/mol. The van der Waals surface area contributed by atoms with E-state index in [1.54, 1.807) is 6.07 Å². The Bertz CT molecular complexity index is 711. The molecule has 0 fully saturated rings. The third-order valence-electron chi connectivity index (χ3n) is 3.15. The van der Waals surface area contributed by atoms with Crippen molar-refractivity contribution in [2.75, 3.05) is 0 Å². The number of benzene rings is 1. The van der Waals surface area contributed by atoms with Gasteiger partial charge in [-0.1, -0.05) is 6.07 Å². The molecule has 0 aliphatic carbocycles.